The van der Waals surface area contributed by atoms with Gasteiger partial charge in [-0.3, -0.25) is 4.68 Å². The lowest BCUT2D eigenvalue weighted by Crippen LogP contribution is -2.13. The van der Waals surface area contributed by atoms with E-state index in [0.29, 0.717) is 18.7 Å². The number of hydrogen-bond donors (Lipinski definition) is 1. The van der Waals surface area contributed by atoms with Crippen molar-refractivity contribution in [1.82, 2.24) is 15.1 Å². The van der Waals surface area contributed by atoms with Gasteiger partial charge in [0.2, 0.25) is 0 Å². The van der Waals surface area contributed by atoms with E-state index in [-0.39, 0.29) is 6.54 Å². The molecule has 1 N–H and O–H groups in total. The van der Waals surface area contributed by atoms with Crippen LogP contribution in [0.15, 0.2) is 6.07 Å². The maximum absolute atomic E-state index is 12.5. The molecule has 1 aromatic heterocycles. The van der Waals surface area contributed by atoms with Crippen molar-refractivity contribution < 1.29 is 13.2 Å². The molecule has 0 aliphatic rings. The maximum Gasteiger partial charge on any atom is 0.433 e. The number of halogens is 3. The fourth-order valence-electron chi connectivity index (χ4n) is 1.31. The topological polar surface area (TPSA) is 29.9 Å². The van der Waals surface area contributed by atoms with Crippen molar-refractivity contribution in [2.45, 2.75) is 26.1 Å². The van der Waals surface area contributed by atoms with E-state index in [0.717, 1.165) is 10.7 Å². The standard InChI is InChI=1S/C9H14F3N3/c1-3-15-8(9(10,11)12)6-7(14-15)4-5-13-2/h6,13H,3-5H2,1-2H3. The minimum Gasteiger partial charge on any atom is -0.319 e. The first-order valence-electron chi connectivity index (χ1n) is 4.77. The van der Waals surface area contributed by atoms with Crippen molar-refractivity contribution in [2.75, 3.05) is 13.6 Å². The van der Waals surface area contributed by atoms with Crippen LogP contribution in [0.3, 0.4) is 0 Å². The molecular weight excluding hydrogens is 207 g/mol. The van der Waals surface area contributed by atoms with Crippen molar-refractivity contribution in [3.8, 4) is 0 Å². The van der Waals surface area contributed by atoms with Crippen molar-refractivity contribution in [2.24, 2.45) is 0 Å². The number of alkyl halides is 3. The lowest BCUT2D eigenvalue weighted by atomic mass is 10.3. The molecule has 0 radical (unpaired) electrons. The van der Waals surface area contributed by atoms with Gasteiger partial charge in [-0.15, -0.1) is 0 Å². The summed E-state index contributed by atoms with van der Waals surface area (Å²) in [5.74, 6) is 0. The van der Waals surface area contributed by atoms with Crippen molar-refractivity contribution in [3.05, 3.63) is 17.5 Å². The number of rotatable bonds is 4. The first kappa shape index (κ1) is 12.0. The lowest BCUT2D eigenvalue weighted by molar-refractivity contribution is -0.144. The van der Waals surface area contributed by atoms with E-state index in [1.807, 2.05) is 0 Å². The molecule has 0 spiro atoms. The smallest absolute Gasteiger partial charge is 0.319 e. The molecule has 0 aliphatic carbocycles. The van der Waals surface area contributed by atoms with Crippen LogP contribution in [0.5, 0.6) is 0 Å². The molecule has 1 heterocycles. The summed E-state index contributed by atoms with van der Waals surface area (Å²) in [5.41, 5.74) is -0.199. The Hall–Kier alpha value is -1.04. The zero-order valence-electron chi connectivity index (χ0n) is 8.73. The van der Waals surface area contributed by atoms with Crippen LogP contribution in [0.4, 0.5) is 13.2 Å². The van der Waals surface area contributed by atoms with Gasteiger partial charge in [0.05, 0.1) is 5.69 Å². The second-order valence-electron chi connectivity index (χ2n) is 3.19. The SMILES string of the molecule is CCn1nc(CCNC)cc1C(F)(F)F. The highest BCUT2D eigenvalue weighted by atomic mass is 19.4. The van der Waals surface area contributed by atoms with Gasteiger partial charge in [0.25, 0.3) is 0 Å². The monoisotopic (exact) mass is 221 g/mol. The van der Waals surface area contributed by atoms with E-state index in [1.165, 1.54) is 0 Å². The summed E-state index contributed by atoms with van der Waals surface area (Å²) in [5, 5.41) is 6.76. The molecule has 6 heteroatoms. The Bertz CT molecular complexity index is 317. The Morgan fingerprint density at radius 3 is 2.53 bits per heavy atom. The van der Waals surface area contributed by atoms with Crippen LogP contribution in [-0.2, 0) is 19.1 Å². The number of nitrogens with zero attached hydrogens (tertiary/aromatic N) is 2. The van der Waals surface area contributed by atoms with Gasteiger partial charge in [-0.2, -0.15) is 18.3 Å². The minimum absolute atomic E-state index is 0.231. The Morgan fingerprint density at radius 2 is 2.13 bits per heavy atom. The molecular formula is C9H14F3N3. The molecule has 0 aliphatic heterocycles. The summed E-state index contributed by atoms with van der Waals surface area (Å²) < 4.78 is 38.5. The largest absolute Gasteiger partial charge is 0.433 e. The molecule has 1 rings (SSSR count). The molecule has 0 atom stereocenters. The molecule has 0 saturated carbocycles. The summed E-state index contributed by atoms with van der Waals surface area (Å²) in [6, 6.07) is 1.11. The van der Waals surface area contributed by atoms with Crippen LogP contribution in [-0.4, -0.2) is 23.4 Å². The summed E-state index contributed by atoms with van der Waals surface area (Å²) in [7, 11) is 1.75. The van der Waals surface area contributed by atoms with E-state index in [4.69, 9.17) is 0 Å². The minimum atomic E-state index is -4.32. The van der Waals surface area contributed by atoms with Crippen LogP contribution in [0, 0.1) is 0 Å². The summed E-state index contributed by atoms with van der Waals surface area (Å²) in [4.78, 5) is 0. The van der Waals surface area contributed by atoms with Crippen LogP contribution < -0.4 is 5.32 Å². The van der Waals surface area contributed by atoms with Crippen LogP contribution in [0.2, 0.25) is 0 Å². The highest BCUT2D eigenvalue weighted by Gasteiger charge is 2.35. The third-order valence-corrected chi connectivity index (χ3v) is 2.05. The van der Waals surface area contributed by atoms with Gasteiger partial charge in [0, 0.05) is 19.5 Å². The first-order valence-corrected chi connectivity index (χ1v) is 4.77. The Kier molecular flexibility index (Phi) is 3.73. The molecule has 3 nitrogen and oxygen atoms in total. The predicted molar refractivity (Wildman–Crippen MR) is 50.5 cm³/mol. The molecule has 0 aromatic carbocycles. The third kappa shape index (κ3) is 2.95. The predicted octanol–water partition coefficient (Wildman–Crippen LogP) is 1.68. The number of likely N-dealkylation sites (N-methyl/N-ethyl adjacent to an activating group) is 1. The fraction of sp³-hybridized carbons (Fsp3) is 0.667. The van der Waals surface area contributed by atoms with Crippen LogP contribution in [0.25, 0.3) is 0 Å². The highest BCUT2D eigenvalue weighted by Crippen LogP contribution is 2.29. The third-order valence-electron chi connectivity index (χ3n) is 2.05. The van der Waals surface area contributed by atoms with Gasteiger partial charge in [-0.05, 0) is 20.0 Å². The zero-order valence-corrected chi connectivity index (χ0v) is 8.73. The number of hydrogen-bond acceptors (Lipinski definition) is 2. The molecule has 0 amide bonds. The molecule has 0 fully saturated rings. The fourth-order valence-corrected chi connectivity index (χ4v) is 1.31. The average molecular weight is 221 g/mol. The van der Waals surface area contributed by atoms with Gasteiger partial charge in [-0.25, -0.2) is 0 Å². The summed E-state index contributed by atoms with van der Waals surface area (Å²) >= 11 is 0. The van der Waals surface area contributed by atoms with Gasteiger partial charge in [0.15, 0.2) is 0 Å². The molecule has 0 saturated heterocycles. The van der Waals surface area contributed by atoms with Crippen LogP contribution in [0.1, 0.15) is 18.3 Å². The first-order chi connectivity index (χ1) is 6.99. The Morgan fingerprint density at radius 1 is 1.47 bits per heavy atom. The van der Waals surface area contributed by atoms with Crippen LogP contribution >= 0.6 is 0 Å². The maximum atomic E-state index is 12.5. The number of nitrogens with one attached hydrogen (secondary N) is 1. The molecule has 0 unspecified atom stereocenters. The summed E-state index contributed by atoms with van der Waals surface area (Å²) in [6.45, 7) is 2.50. The second kappa shape index (κ2) is 4.65. The van der Waals surface area contributed by atoms with E-state index >= 15 is 0 Å². The Balaban J connectivity index is 2.90. The quantitative estimate of drug-likeness (QED) is 0.838. The second-order valence-corrected chi connectivity index (χ2v) is 3.19. The van der Waals surface area contributed by atoms with Gasteiger partial charge >= 0.3 is 6.18 Å². The van der Waals surface area contributed by atoms with Crippen molar-refractivity contribution >= 4 is 0 Å². The van der Waals surface area contributed by atoms with Crippen molar-refractivity contribution in [1.29, 1.82) is 0 Å². The van der Waals surface area contributed by atoms with Gasteiger partial charge in [0.1, 0.15) is 5.69 Å². The van der Waals surface area contributed by atoms with E-state index < -0.39 is 11.9 Å². The zero-order chi connectivity index (χ0) is 11.5. The van der Waals surface area contributed by atoms with E-state index in [9.17, 15) is 13.2 Å². The molecule has 15 heavy (non-hydrogen) atoms. The van der Waals surface area contributed by atoms with E-state index in [1.54, 1.807) is 14.0 Å². The molecule has 86 valence electrons. The highest BCUT2D eigenvalue weighted by molar-refractivity contribution is 5.13. The van der Waals surface area contributed by atoms with E-state index in [2.05, 4.69) is 10.4 Å². The van der Waals surface area contributed by atoms with Gasteiger partial charge in [-0.1, -0.05) is 0 Å². The van der Waals surface area contributed by atoms with Gasteiger partial charge < -0.3 is 5.32 Å². The normalized spacial score (nSPS) is 12.1. The summed E-state index contributed by atoms with van der Waals surface area (Å²) in [6.07, 6.45) is -3.81. The van der Waals surface area contributed by atoms with Crippen molar-refractivity contribution in [3.63, 3.8) is 0 Å². The lowest BCUT2D eigenvalue weighted by Gasteiger charge is -2.07. The molecule has 1 aromatic rings. The number of aromatic nitrogens is 2. The average Bonchev–Trinajstić information content (AvgIpc) is 2.57. The Labute approximate surface area is 86.3 Å². The number of aryl methyl sites for hydroxylation is 1. The molecule has 0 bridgehead atoms.